The molecule has 4 rings (SSSR count). The number of amides is 1. The molecule has 0 bridgehead atoms. The Morgan fingerprint density at radius 1 is 1.13 bits per heavy atom. The van der Waals surface area contributed by atoms with Gasteiger partial charge < -0.3 is 14.6 Å². The van der Waals surface area contributed by atoms with E-state index in [9.17, 15) is 9.90 Å². The van der Waals surface area contributed by atoms with Crippen LogP contribution in [0.25, 0.3) is 11.0 Å². The second-order valence-electron chi connectivity index (χ2n) is 8.96. The predicted octanol–water partition coefficient (Wildman–Crippen LogP) is 5.07. The number of nitrogens with zero attached hydrogens (tertiary/aromatic N) is 3. The van der Waals surface area contributed by atoms with Crippen LogP contribution in [0.15, 0.2) is 42.5 Å². The average Bonchev–Trinajstić information content (AvgIpc) is 3.11. The van der Waals surface area contributed by atoms with E-state index in [4.69, 9.17) is 0 Å². The number of benzene rings is 2. The lowest BCUT2D eigenvalue weighted by molar-refractivity contribution is -0.135. The Bertz CT molecular complexity index is 1050. The van der Waals surface area contributed by atoms with E-state index in [1.54, 1.807) is 6.92 Å². The van der Waals surface area contributed by atoms with Gasteiger partial charge in [0.1, 0.15) is 18.5 Å². The van der Waals surface area contributed by atoms with Crippen molar-refractivity contribution in [3.05, 3.63) is 65.0 Å². The highest BCUT2D eigenvalue weighted by Gasteiger charge is 2.27. The first-order valence-electron chi connectivity index (χ1n) is 11.4. The van der Waals surface area contributed by atoms with Crippen molar-refractivity contribution in [3.63, 3.8) is 0 Å². The lowest BCUT2D eigenvalue weighted by Crippen LogP contribution is -2.42. The molecule has 1 N–H and O–H groups in total. The van der Waals surface area contributed by atoms with Gasteiger partial charge in [-0.1, -0.05) is 49.6 Å². The van der Waals surface area contributed by atoms with Gasteiger partial charge in [-0.05, 0) is 62.4 Å². The highest BCUT2D eigenvalue weighted by Crippen LogP contribution is 2.27. The summed E-state index contributed by atoms with van der Waals surface area (Å²) < 4.78 is 1.91. The molecule has 1 unspecified atom stereocenters. The standard InChI is InChI=1S/C26H33N3O2/c1-18-14-23-24(15-19(18)2)29(26(27-23)20(3)30)17-25(31)28(22-12-8-5-9-13-22)16-21-10-6-4-7-11-21/h4,6-7,10-11,14-15,20,22,30H,5,8-9,12-13,16-17H2,1-3H3. The second kappa shape index (κ2) is 9.23. The van der Waals surface area contributed by atoms with Crippen molar-refractivity contribution >= 4 is 16.9 Å². The second-order valence-corrected chi connectivity index (χ2v) is 8.96. The van der Waals surface area contributed by atoms with E-state index in [1.165, 1.54) is 19.3 Å². The number of hydrogen-bond donors (Lipinski definition) is 1. The van der Waals surface area contributed by atoms with E-state index in [0.717, 1.165) is 40.6 Å². The minimum Gasteiger partial charge on any atom is -0.385 e. The first-order valence-corrected chi connectivity index (χ1v) is 11.4. The van der Waals surface area contributed by atoms with Crippen molar-refractivity contribution in [2.75, 3.05) is 0 Å². The normalized spacial score (nSPS) is 15.9. The molecule has 0 saturated heterocycles. The van der Waals surface area contributed by atoms with Gasteiger partial charge in [0.2, 0.25) is 5.91 Å². The van der Waals surface area contributed by atoms with E-state index in [-0.39, 0.29) is 18.5 Å². The first kappa shape index (κ1) is 21.6. The minimum absolute atomic E-state index is 0.0928. The van der Waals surface area contributed by atoms with Gasteiger partial charge in [0.05, 0.1) is 11.0 Å². The van der Waals surface area contributed by atoms with Crippen LogP contribution in [0, 0.1) is 13.8 Å². The van der Waals surface area contributed by atoms with Crippen LogP contribution in [0.4, 0.5) is 0 Å². The number of carbonyl (C=O) groups excluding carboxylic acids is 1. The summed E-state index contributed by atoms with van der Waals surface area (Å²) in [6.07, 6.45) is 4.98. The molecule has 1 aliphatic carbocycles. The van der Waals surface area contributed by atoms with Gasteiger partial charge in [0, 0.05) is 12.6 Å². The number of fused-ring (bicyclic) bond motifs is 1. The molecule has 0 spiro atoms. The summed E-state index contributed by atoms with van der Waals surface area (Å²) in [5.41, 5.74) is 5.22. The Hall–Kier alpha value is -2.66. The molecule has 1 fully saturated rings. The van der Waals surface area contributed by atoms with Crippen molar-refractivity contribution in [2.45, 2.75) is 78.1 Å². The van der Waals surface area contributed by atoms with E-state index in [1.807, 2.05) is 28.8 Å². The largest absolute Gasteiger partial charge is 0.385 e. The van der Waals surface area contributed by atoms with Crippen LogP contribution in [0.5, 0.6) is 0 Å². The summed E-state index contributed by atoms with van der Waals surface area (Å²) >= 11 is 0. The predicted molar refractivity (Wildman–Crippen MR) is 124 cm³/mol. The van der Waals surface area contributed by atoms with E-state index >= 15 is 0 Å². The lowest BCUT2D eigenvalue weighted by atomic mass is 9.93. The van der Waals surface area contributed by atoms with Gasteiger partial charge in [-0.15, -0.1) is 0 Å². The van der Waals surface area contributed by atoms with Gasteiger partial charge in [0.15, 0.2) is 0 Å². The molecule has 31 heavy (non-hydrogen) atoms. The fraction of sp³-hybridized carbons (Fsp3) is 0.462. The summed E-state index contributed by atoms with van der Waals surface area (Å²) in [5, 5.41) is 10.4. The third-order valence-electron chi connectivity index (χ3n) is 6.59. The number of rotatable bonds is 6. The van der Waals surface area contributed by atoms with Gasteiger partial charge >= 0.3 is 0 Å². The zero-order chi connectivity index (χ0) is 22.0. The first-order chi connectivity index (χ1) is 14.9. The molecule has 1 atom stereocenters. The third kappa shape index (κ3) is 4.67. The Labute approximate surface area is 184 Å². The van der Waals surface area contributed by atoms with Crippen molar-refractivity contribution in [3.8, 4) is 0 Å². The third-order valence-corrected chi connectivity index (χ3v) is 6.59. The Kier molecular flexibility index (Phi) is 6.42. The molecule has 164 valence electrons. The van der Waals surface area contributed by atoms with Crippen LogP contribution < -0.4 is 0 Å². The molecule has 1 amide bonds. The zero-order valence-corrected chi connectivity index (χ0v) is 18.8. The van der Waals surface area contributed by atoms with Gasteiger partial charge in [0.25, 0.3) is 0 Å². The van der Waals surface area contributed by atoms with Gasteiger partial charge in [-0.2, -0.15) is 0 Å². The molecule has 0 aliphatic heterocycles. The van der Waals surface area contributed by atoms with Crippen LogP contribution in [-0.2, 0) is 17.9 Å². The molecule has 5 nitrogen and oxygen atoms in total. The molecule has 0 radical (unpaired) electrons. The maximum Gasteiger partial charge on any atom is 0.243 e. The molecule has 1 aromatic heterocycles. The Morgan fingerprint density at radius 2 is 1.81 bits per heavy atom. The van der Waals surface area contributed by atoms with Crippen LogP contribution in [-0.4, -0.2) is 31.5 Å². The number of aliphatic hydroxyl groups excluding tert-OH is 1. The maximum absolute atomic E-state index is 13.7. The van der Waals surface area contributed by atoms with E-state index in [2.05, 4.69) is 41.9 Å². The van der Waals surface area contributed by atoms with Gasteiger partial charge in [-0.25, -0.2) is 4.98 Å². The SMILES string of the molecule is Cc1cc2nc(C(C)O)n(CC(=O)N(Cc3ccccc3)C3CCCCC3)c2cc1C. The summed E-state index contributed by atoms with van der Waals surface area (Å²) in [6.45, 7) is 6.66. The van der Waals surface area contributed by atoms with E-state index in [0.29, 0.717) is 12.4 Å². The lowest BCUT2D eigenvalue weighted by Gasteiger charge is -2.35. The topological polar surface area (TPSA) is 58.4 Å². The van der Waals surface area contributed by atoms with Crippen LogP contribution in [0.1, 0.15) is 67.6 Å². The smallest absolute Gasteiger partial charge is 0.243 e. The van der Waals surface area contributed by atoms with Crippen molar-refractivity contribution in [1.29, 1.82) is 0 Å². The quantitative estimate of drug-likeness (QED) is 0.607. The van der Waals surface area contributed by atoms with Crippen LogP contribution in [0.2, 0.25) is 0 Å². The summed E-state index contributed by atoms with van der Waals surface area (Å²) in [6, 6.07) is 14.6. The van der Waals surface area contributed by atoms with Crippen molar-refractivity contribution in [1.82, 2.24) is 14.5 Å². The molecular formula is C26H33N3O2. The molecule has 5 heteroatoms. The number of carbonyl (C=O) groups is 1. The number of hydrogen-bond acceptors (Lipinski definition) is 3. The zero-order valence-electron chi connectivity index (χ0n) is 18.8. The number of aliphatic hydroxyl groups is 1. The Balaban J connectivity index is 1.68. The fourth-order valence-electron chi connectivity index (χ4n) is 4.70. The van der Waals surface area contributed by atoms with Crippen LogP contribution >= 0.6 is 0 Å². The van der Waals surface area contributed by atoms with Gasteiger partial charge in [-0.3, -0.25) is 4.79 Å². The molecule has 2 aromatic carbocycles. The highest BCUT2D eigenvalue weighted by molar-refractivity contribution is 5.82. The number of aromatic nitrogens is 2. The monoisotopic (exact) mass is 419 g/mol. The van der Waals surface area contributed by atoms with Crippen LogP contribution in [0.3, 0.4) is 0 Å². The number of imidazole rings is 1. The highest BCUT2D eigenvalue weighted by atomic mass is 16.3. The summed E-state index contributed by atoms with van der Waals surface area (Å²) in [5.74, 6) is 0.645. The molecular weight excluding hydrogens is 386 g/mol. The van der Waals surface area contributed by atoms with Crippen molar-refractivity contribution < 1.29 is 9.90 Å². The van der Waals surface area contributed by atoms with Crippen molar-refractivity contribution in [2.24, 2.45) is 0 Å². The number of aryl methyl sites for hydroxylation is 2. The summed E-state index contributed by atoms with van der Waals surface area (Å²) in [7, 11) is 0. The van der Waals surface area contributed by atoms with E-state index < -0.39 is 6.10 Å². The maximum atomic E-state index is 13.7. The average molecular weight is 420 g/mol. The molecule has 1 heterocycles. The molecule has 1 aliphatic rings. The Morgan fingerprint density at radius 3 is 2.48 bits per heavy atom. The molecule has 3 aromatic rings. The molecule has 1 saturated carbocycles. The fourth-order valence-corrected chi connectivity index (χ4v) is 4.70. The minimum atomic E-state index is -0.738. The summed E-state index contributed by atoms with van der Waals surface area (Å²) in [4.78, 5) is 20.4.